The third-order valence-electron chi connectivity index (χ3n) is 1.03. The highest BCUT2D eigenvalue weighted by molar-refractivity contribution is 5.82. The molecule has 1 aliphatic heterocycles. The Hall–Kier alpha value is -0.740. The topological polar surface area (TPSA) is 49.4 Å². The van der Waals surface area contributed by atoms with Crippen LogP contribution in [-0.4, -0.2) is 30.9 Å². The highest BCUT2D eigenvalue weighted by Gasteiger charge is 2.12. The average molecular weight is 114 g/mol. The Morgan fingerprint density at radius 3 is 2.88 bits per heavy atom. The maximum Gasteiger partial charge on any atom is 0.252 e. The summed E-state index contributed by atoms with van der Waals surface area (Å²) >= 11 is 0. The van der Waals surface area contributed by atoms with E-state index in [2.05, 4.69) is 10.2 Å². The fourth-order valence-corrected chi connectivity index (χ4v) is 0.495. The van der Waals surface area contributed by atoms with Gasteiger partial charge in [0.15, 0.2) is 0 Å². The number of nitrogens with one attached hydrogen (secondary N) is 1. The van der Waals surface area contributed by atoms with E-state index in [-0.39, 0.29) is 6.61 Å². The summed E-state index contributed by atoms with van der Waals surface area (Å²) in [4.78, 5) is 0.951. The van der Waals surface area contributed by atoms with Crippen LogP contribution in [0, 0.1) is 0 Å². The van der Waals surface area contributed by atoms with E-state index in [9.17, 15) is 0 Å². The van der Waals surface area contributed by atoms with E-state index in [1.807, 2.05) is 7.05 Å². The molecule has 0 bridgehead atoms. The number of likely N-dealkylation sites (N-methyl/N-ethyl adjacent to an activating group) is 1. The predicted octanol–water partition coefficient (Wildman–Crippen LogP) is -2.15. The predicted molar refractivity (Wildman–Crippen MR) is 29.9 cm³/mol. The van der Waals surface area contributed by atoms with Crippen LogP contribution in [0.5, 0.6) is 0 Å². The first kappa shape index (κ1) is 5.40. The van der Waals surface area contributed by atoms with E-state index in [1.54, 1.807) is 6.34 Å². The minimum Gasteiger partial charge on any atom is -0.384 e. The maximum absolute atomic E-state index is 8.50. The Labute approximate surface area is 47.1 Å². The Balaban J connectivity index is 2.59. The van der Waals surface area contributed by atoms with Crippen LogP contribution in [0.4, 0.5) is 0 Å². The summed E-state index contributed by atoms with van der Waals surface area (Å²) in [6, 6.07) is 0. The van der Waals surface area contributed by atoms with E-state index >= 15 is 0 Å². The van der Waals surface area contributed by atoms with Gasteiger partial charge in [-0.05, 0) is 0 Å². The third-order valence-corrected chi connectivity index (χ3v) is 1.03. The molecule has 0 aromatic rings. The molecular weight excluding hydrogens is 106 g/mol. The first-order valence-electron chi connectivity index (χ1n) is 2.39. The lowest BCUT2D eigenvalue weighted by Gasteiger charge is -1.97. The molecule has 0 aliphatic carbocycles. The molecule has 0 fully saturated rings. The smallest absolute Gasteiger partial charge is 0.252 e. The molecule has 0 radical (unpaired) electrons. The largest absolute Gasteiger partial charge is 0.384 e. The van der Waals surface area contributed by atoms with E-state index in [1.165, 1.54) is 0 Å². The summed E-state index contributed by atoms with van der Waals surface area (Å²) in [6.45, 7) is -0.00810. The molecule has 1 aliphatic rings. The molecule has 44 valence electrons. The van der Waals surface area contributed by atoms with Crippen molar-refractivity contribution in [2.45, 2.75) is 0 Å². The van der Waals surface area contributed by atoms with Gasteiger partial charge in [0.05, 0.1) is 7.05 Å². The lowest BCUT2D eigenvalue weighted by molar-refractivity contribution is -0.665. The number of amidine groups is 1. The molecule has 1 atom stereocenters. The van der Waals surface area contributed by atoms with Gasteiger partial charge < -0.3 is 5.11 Å². The molecular formula is C4H8N3O+. The minimum atomic E-state index is -0.00810. The van der Waals surface area contributed by atoms with Crippen molar-refractivity contribution in [3.8, 4) is 0 Å². The van der Waals surface area contributed by atoms with Gasteiger partial charge in [0.1, 0.15) is 6.61 Å². The van der Waals surface area contributed by atoms with E-state index in [0.717, 1.165) is 4.90 Å². The van der Waals surface area contributed by atoms with Gasteiger partial charge >= 0.3 is 0 Å². The number of hydrogen-bond donors (Lipinski definition) is 2. The van der Waals surface area contributed by atoms with Crippen LogP contribution in [0.1, 0.15) is 0 Å². The zero-order valence-corrected chi connectivity index (χ0v) is 4.63. The van der Waals surface area contributed by atoms with Crippen molar-refractivity contribution in [3.63, 3.8) is 0 Å². The van der Waals surface area contributed by atoms with E-state index in [4.69, 9.17) is 5.11 Å². The molecule has 0 amide bonds. The first-order valence-corrected chi connectivity index (χ1v) is 2.39. The van der Waals surface area contributed by atoms with Crippen molar-refractivity contribution in [3.05, 3.63) is 0 Å². The number of hydrogen-bond acceptors (Lipinski definition) is 3. The van der Waals surface area contributed by atoms with Crippen molar-refractivity contribution in [2.24, 2.45) is 10.2 Å². The first-order chi connectivity index (χ1) is 3.84. The molecule has 0 aromatic carbocycles. The Morgan fingerprint density at radius 1 is 1.88 bits per heavy atom. The van der Waals surface area contributed by atoms with Gasteiger partial charge in [0.25, 0.3) is 5.84 Å². The van der Waals surface area contributed by atoms with Gasteiger partial charge in [-0.1, -0.05) is 10.2 Å². The molecule has 0 aromatic heterocycles. The summed E-state index contributed by atoms with van der Waals surface area (Å²) in [5.74, 6) is 0.671. The standard InChI is InChI=1S/C4H7N3O/c1-7-3-5-6-4(7)2-8/h3,8H,2H2,1H3/p+1. The zero-order chi connectivity index (χ0) is 5.98. The van der Waals surface area contributed by atoms with Gasteiger partial charge in [0.2, 0.25) is 6.34 Å². The van der Waals surface area contributed by atoms with Crippen LogP contribution in [-0.2, 0) is 0 Å². The molecule has 4 heteroatoms. The van der Waals surface area contributed by atoms with Crippen LogP contribution >= 0.6 is 0 Å². The average Bonchev–Trinajstić information content (AvgIpc) is 2.14. The van der Waals surface area contributed by atoms with Gasteiger partial charge in [-0.15, -0.1) is 0 Å². The molecule has 0 saturated heterocycles. The molecule has 1 heterocycles. The van der Waals surface area contributed by atoms with Gasteiger partial charge in [-0.25, -0.2) is 4.90 Å². The molecule has 0 saturated carbocycles. The summed E-state index contributed by atoms with van der Waals surface area (Å²) in [6.07, 6.45) is 1.63. The third kappa shape index (κ3) is 0.753. The van der Waals surface area contributed by atoms with Gasteiger partial charge in [-0.2, -0.15) is 0 Å². The minimum absolute atomic E-state index is 0.00810. The van der Waals surface area contributed by atoms with Crippen molar-refractivity contribution in [2.75, 3.05) is 13.7 Å². The quantitative estimate of drug-likeness (QED) is 0.401. The summed E-state index contributed by atoms with van der Waals surface area (Å²) in [5, 5.41) is 15.7. The molecule has 4 nitrogen and oxygen atoms in total. The van der Waals surface area contributed by atoms with Crippen molar-refractivity contribution >= 4 is 12.2 Å². The summed E-state index contributed by atoms with van der Waals surface area (Å²) in [5.41, 5.74) is 0. The second-order valence-electron chi connectivity index (χ2n) is 1.63. The fourth-order valence-electron chi connectivity index (χ4n) is 0.495. The SMILES string of the molecule is C[NH+]1C=NN=C1CO. The van der Waals surface area contributed by atoms with Gasteiger partial charge in [0, 0.05) is 0 Å². The van der Waals surface area contributed by atoms with Crippen LogP contribution in [0.15, 0.2) is 10.2 Å². The second-order valence-corrected chi connectivity index (χ2v) is 1.63. The van der Waals surface area contributed by atoms with E-state index < -0.39 is 0 Å². The van der Waals surface area contributed by atoms with Crippen molar-refractivity contribution < 1.29 is 10.0 Å². The fraction of sp³-hybridized carbons (Fsp3) is 0.500. The Kier molecular flexibility index (Phi) is 1.36. The number of aliphatic hydroxyl groups is 1. The highest BCUT2D eigenvalue weighted by atomic mass is 16.3. The number of quaternary nitrogens is 1. The monoisotopic (exact) mass is 114 g/mol. The lowest BCUT2D eigenvalue weighted by Crippen LogP contribution is -3.10. The summed E-state index contributed by atoms with van der Waals surface area (Å²) in [7, 11) is 1.87. The number of aliphatic hydroxyl groups excluding tert-OH is 1. The Morgan fingerprint density at radius 2 is 2.62 bits per heavy atom. The number of rotatable bonds is 1. The normalized spacial score (nSPS) is 26.2. The Bertz CT molecular complexity index is 140. The molecule has 0 spiro atoms. The van der Waals surface area contributed by atoms with Gasteiger partial charge in [-0.3, -0.25) is 0 Å². The molecule has 2 N–H and O–H groups in total. The van der Waals surface area contributed by atoms with Crippen molar-refractivity contribution in [1.29, 1.82) is 0 Å². The van der Waals surface area contributed by atoms with E-state index in [0.29, 0.717) is 5.84 Å². The lowest BCUT2D eigenvalue weighted by atomic mass is 10.6. The van der Waals surface area contributed by atoms with Crippen LogP contribution in [0.25, 0.3) is 0 Å². The molecule has 1 unspecified atom stereocenters. The maximum atomic E-state index is 8.50. The molecule has 8 heavy (non-hydrogen) atoms. The van der Waals surface area contributed by atoms with Crippen LogP contribution in [0.2, 0.25) is 0 Å². The summed E-state index contributed by atoms with van der Waals surface area (Å²) < 4.78 is 0. The van der Waals surface area contributed by atoms with Crippen LogP contribution < -0.4 is 4.90 Å². The van der Waals surface area contributed by atoms with Crippen LogP contribution in [0.3, 0.4) is 0 Å². The second kappa shape index (κ2) is 2.02. The van der Waals surface area contributed by atoms with Crippen molar-refractivity contribution in [1.82, 2.24) is 0 Å². The zero-order valence-electron chi connectivity index (χ0n) is 4.63. The highest BCUT2D eigenvalue weighted by Crippen LogP contribution is 1.72. The molecule has 1 rings (SSSR count). The number of nitrogens with zero attached hydrogens (tertiary/aromatic N) is 2.